The van der Waals surface area contributed by atoms with Crippen LogP contribution in [0.15, 0.2) is 10.6 Å². The molecule has 2 rings (SSSR count). The van der Waals surface area contributed by atoms with Gasteiger partial charge in [-0.2, -0.15) is 0 Å². The first-order chi connectivity index (χ1) is 7.66. The number of rotatable bonds is 2. The smallest absolute Gasteiger partial charge is 0.231 e. The van der Waals surface area contributed by atoms with E-state index in [1.807, 2.05) is 6.92 Å². The van der Waals surface area contributed by atoms with Crippen molar-refractivity contribution < 1.29 is 9.32 Å². The molecule has 2 unspecified atom stereocenters. The lowest BCUT2D eigenvalue weighted by Crippen LogP contribution is -2.40. The van der Waals surface area contributed by atoms with Gasteiger partial charge in [0.2, 0.25) is 11.8 Å². The summed E-state index contributed by atoms with van der Waals surface area (Å²) in [6.07, 6.45) is 3.97. The van der Waals surface area contributed by atoms with E-state index in [1.165, 1.54) is 0 Å². The third-order valence-electron chi connectivity index (χ3n) is 3.03. The molecule has 1 aromatic rings. The van der Waals surface area contributed by atoms with E-state index in [0.29, 0.717) is 5.88 Å². The number of hydrogen-bond acceptors (Lipinski definition) is 4. The van der Waals surface area contributed by atoms with Crippen LogP contribution in [0.1, 0.15) is 31.4 Å². The Bertz CT molecular complexity index is 375. The summed E-state index contributed by atoms with van der Waals surface area (Å²) >= 11 is 0. The van der Waals surface area contributed by atoms with Crippen LogP contribution < -0.4 is 11.1 Å². The summed E-state index contributed by atoms with van der Waals surface area (Å²) < 4.78 is 4.94. The lowest BCUT2D eigenvalue weighted by atomic mass is 9.84. The van der Waals surface area contributed by atoms with Crippen LogP contribution in [0.5, 0.6) is 0 Å². The fraction of sp³-hybridized carbons (Fsp3) is 0.636. The van der Waals surface area contributed by atoms with Gasteiger partial charge >= 0.3 is 0 Å². The zero-order valence-corrected chi connectivity index (χ0v) is 9.40. The van der Waals surface area contributed by atoms with Crippen molar-refractivity contribution in [3.63, 3.8) is 0 Å². The molecule has 88 valence electrons. The SMILES string of the molecule is Cc1cc(NC(=O)C2CCCCC2N)on1. The highest BCUT2D eigenvalue weighted by Gasteiger charge is 2.28. The standard InChI is InChI=1S/C11H17N3O2/c1-7-6-10(16-14-7)13-11(15)8-4-2-3-5-9(8)12/h6,8-9H,2-5,12H2,1H3,(H,13,15). The molecule has 3 N–H and O–H groups in total. The summed E-state index contributed by atoms with van der Waals surface area (Å²) in [7, 11) is 0. The van der Waals surface area contributed by atoms with E-state index in [4.69, 9.17) is 10.3 Å². The van der Waals surface area contributed by atoms with E-state index < -0.39 is 0 Å². The molecule has 0 aliphatic heterocycles. The van der Waals surface area contributed by atoms with Crippen LogP contribution in [0.25, 0.3) is 0 Å². The highest BCUT2D eigenvalue weighted by Crippen LogP contribution is 2.24. The maximum Gasteiger partial charge on any atom is 0.231 e. The molecule has 1 fully saturated rings. The number of amides is 1. The second kappa shape index (κ2) is 4.65. The highest BCUT2D eigenvalue weighted by atomic mass is 16.5. The van der Waals surface area contributed by atoms with Crippen molar-refractivity contribution >= 4 is 11.8 Å². The quantitative estimate of drug-likeness (QED) is 0.794. The Morgan fingerprint density at radius 3 is 2.94 bits per heavy atom. The predicted molar refractivity (Wildman–Crippen MR) is 59.8 cm³/mol. The summed E-state index contributed by atoms with van der Waals surface area (Å²) in [5.41, 5.74) is 6.68. The normalized spacial score (nSPS) is 25.4. The summed E-state index contributed by atoms with van der Waals surface area (Å²) in [6, 6.07) is 1.67. The summed E-state index contributed by atoms with van der Waals surface area (Å²) in [5, 5.41) is 6.43. The number of hydrogen-bond donors (Lipinski definition) is 2. The van der Waals surface area contributed by atoms with Gasteiger partial charge in [0.05, 0.1) is 11.6 Å². The molecule has 0 saturated heterocycles. The molecule has 1 aliphatic carbocycles. The van der Waals surface area contributed by atoms with Crippen LogP contribution in [0.4, 0.5) is 5.88 Å². The summed E-state index contributed by atoms with van der Waals surface area (Å²) in [5.74, 6) is 0.253. The van der Waals surface area contributed by atoms with Gasteiger partial charge in [-0.25, -0.2) is 0 Å². The van der Waals surface area contributed by atoms with Gasteiger partial charge in [-0.3, -0.25) is 10.1 Å². The first-order valence-corrected chi connectivity index (χ1v) is 5.66. The molecule has 0 aromatic carbocycles. The van der Waals surface area contributed by atoms with Crippen molar-refractivity contribution in [3.8, 4) is 0 Å². The number of nitrogens with one attached hydrogen (secondary N) is 1. The number of anilines is 1. The maximum absolute atomic E-state index is 11.9. The van der Waals surface area contributed by atoms with Crippen molar-refractivity contribution in [1.82, 2.24) is 5.16 Å². The van der Waals surface area contributed by atoms with Gasteiger partial charge in [0.1, 0.15) is 0 Å². The molecule has 1 aliphatic rings. The number of nitrogens with zero attached hydrogens (tertiary/aromatic N) is 1. The van der Waals surface area contributed by atoms with Crippen molar-refractivity contribution in [1.29, 1.82) is 0 Å². The fourth-order valence-corrected chi connectivity index (χ4v) is 2.12. The Morgan fingerprint density at radius 1 is 1.56 bits per heavy atom. The number of aryl methyl sites for hydroxylation is 1. The number of carbonyl (C=O) groups is 1. The molecule has 5 nitrogen and oxygen atoms in total. The van der Waals surface area contributed by atoms with Crippen LogP contribution in [0.3, 0.4) is 0 Å². The lowest BCUT2D eigenvalue weighted by Gasteiger charge is -2.26. The molecule has 1 heterocycles. The van der Waals surface area contributed by atoms with E-state index in [1.54, 1.807) is 6.07 Å². The molecule has 2 atom stereocenters. The van der Waals surface area contributed by atoms with Crippen molar-refractivity contribution in [2.45, 2.75) is 38.6 Å². The number of nitrogens with two attached hydrogens (primary N) is 1. The average molecular weight is 223 g/mol. The topological polar surface area (TPSA) is 81.2 Å². The highest BCUT2D eigenvalue weighted by molar-refractivity contribution is 5.91. The van der Waals surface area contributed by atoms with Crippen molar-refractivity contribution in [2.75, 3.05) is 5.32 Å². The van der Waals surface area contributed by atoms with E-state index in [-0.39, 0.29) is 17.9 Å². The average Bonchev–Trinajstić information content (AvgIpc) is 2.64. The third-order valence-corrected chi connectivity index (χ3v) is 3.03. The molecule has 0 spiro atoms. The minimum atomic E-state index is -0.0980. The van der Waals surface area contributed by atoms with E-state index in [0.717, 1.165) is 31.4 Å². The van der Waals surface area contributed by atoms with Gasteiger partial charge in [0, 0.05) is 12.1 Å². The van der Waals surface area contributed by atoms with Gasteiger partial charge in [-0.05, 0) is 19.8 Å². The Morgan fingerprint density at radius 2 is 2.31 bits per heavy atom. The molecular formula is C11H17N3O2. The molecule has 5 heteroatoms. The van der Waals surface area contributed by atoms with E-state index >= 15 is 0 Å². The Hall–Kier alpha value is -1.36. The second-order valence-electron chi connectivity index (χ2n) is 4.38. The molecule has 0 radical (unpaired) electrons. The Balaban J connectivity index is 1.96. The molecule has 16 heavy (non-hydrogen) atoms. The predicted octanol–water partition coefficient (Wildman–Crippen LogP) is 1.44. The van der Waals surface area contributed by atoms with Gasteiger partial charge in [-0.1, -0.05) is 18.0 Å². The molecule has 1 aromatic heterocycles. The molecular weight excluding hydrogens is 206 g/mol. The van der Waals surface area contributed by atoms with Gasteiger partial charge in [-0.15, -0.1) is 0 Å². The van der Waals surface area contributed by atoms with Crippen molar-refractivity contribution in [2.24, 2.45) is 11.7 Å². The monoisotopic (exact) mass is 223 g/mol. The van der Waals surface area contributed by atoms with E-state index in [9.17, 15) is 4.79 Å². The van der Waals surface area contributed by atoms with Crippen LogP contribution >= 0.6 is 0 Å². The van der Waals surface area contributed by atoms with Crippen LogP contribution in [-0.2, 0) is 4.79 Å². The zero-order valence-electron chi connectivity index (χ0n) is 9.40. The molecule has 1 saturated carbocycles. The van der Waals surface area contributed by atoms with E-state index in [2.05, 4.69) is 10.5 Å². The summed E-state index contributed by atoms with van der Waals surface area (Å²) in [4.78, 5) is 11.9. The minimum Gasteiger partial charge on any atom is -0.338 e. The number of carbonyl (C=O) groups excluding carboxylic acids is 1. The maximum atomic E-state index is 11.9. The van der Waals surface area contributed by atoms with Crippen molar-refractivity contribution in [3.05, 3.63) is 11.8 Å². The van der Waals surface area contributed by atoms with Gasteiger partial charge < -0.3 is 10.3 Å². The Labute approximate surface area is 94.4 Å². The van der Waals surface area contributed by atoms with Crippen LogP contribution in [0.2, 0.25) is 0 Å². The van der Waals surface area contributed by atoms with Crippen LogP contribution in [-0.4, -0.2) is 17.1 Å². The zero-order chi connectivity index (χ0) is 11.5. The largest absolute Gasteiger partial charge is 0.338 e. The van der Waals surface area contributed by atoms with Gasteiger partial charge in [0.15, 0.2) is 0 Å². The van der Waals surface area contributed by atoms with Crippen LogP contribution in [0, 0.1) is 12.8 Å². The number of aromatic nitrogens is 1. The minimum absolute atomic E-state index is 0.0298. The molecule has 1 amide bonds. The summed E-state index contributed by atoms with van der Waals surface area (Å²) in [6.45, 7) is 1.81. The van der Waals surface area contributed by atoms with Gasteiger partial charge in [0.25, 0.3) is 0 Å². The lowest BCUT2D eigenvalue weighted by molar-refractivity contribution is -0.121. The first kappa shape index (κ1) is 11.1. The third kappa shape index (κ3) is 2.41. The molecule has 0 bridgehead atoms. The first-order valence-electron chi connectivity index (χ1n) is 5.66. The second-order valence-corrected chi connectivity index (χ2v) is 4.38. The fourth-order valence-electron chi connectivity index (χ4n) is 2.12. The Kier molecular flexibility index (Phi) is 3.24.